The second kappa shape index (κ2) is 6.03. The Morgan fingerprint density at radius 1 is 0.905 bits per heavy atom. The van der Waals surface area contributed by atoms with Crippen molar-refractivity contribution in [1.29, 1.82) is 0 Å². The first kappa shape index (κ1) is 14.3. The van der Waals surface area contributed by atoms with Crippen LogP contribution >= 0.6 is 0 Å². The molecule has 0 atom stereocenters. The average molecular weight is 279 g/mol. The lowest BCUT2D eigenvalue weighted by Gasteiger charge is -2.33. The summed E-state index contributed by atoms with van der Waals surface area (Å²) in [6, 6.07) is 18.1. The monoisotopic (exact) mass is 279 g/mol. The van der Waals surface area contributed by atoms with Crippen LogP contribution in [0.25, 0.3) is 0 Å². The molecule has 0 saturated heterocycles. The van der Waals surface area contributed by atoms with Gasteiger partial charge in [0.2, 0.25) is 0 Å². The molecule has 2 aromatic rings. The van der Waals surface area contributed by atoms with Crippen molar-refractivity contribution in [3.8, 4) is 0 Å². The van der Waals surface area contributed by atoms with Crippen LogP contribution < -0.4 is 5.32 Å². The van der Waals surface area contributed by atoms with E-state index in [0.29, 0.717) is 0 Å². The number of nitrogens with one attached hydrogen (secondary N) is 1. The van der Waals surface area contributed by atoms with Gasteiger partial charge in [-0.05, 0) is 61.5 Å². The third-order valence-electron chi connectivity index (χ3n) is 4.99. The molecule has 1 nitrogen and oxygen atoms in total. The molecular formula is C20H25N. The molecule has 0 heterocycles. The van der Waals surface area contributed by atoms with Crippen LogP contribution in [0.1, 0.15) is 42.0 Å². The van der Waals surface area contributed by atoms with E-state index < -0.39 is 0 Å². The maximum absolute atomic E-state index is 3.29. The molecule has 1 aliphatic carbocycles. The third kappa shape index (κ3) is 2.63. The fraction of sp³-hybridized carbons (Fsp3) is 0.400. The van der Waals surface area contributed by atoms with Gasteiger partial charge in [0, 0.05) is 5.41 Å². The zero-order chi connectivity index (χ0) is 14.7. The van der Waals surface area contributed by atoms with E-state index in [-0.39, 0.29) is 5.41 Å². The molecule has 0 radical (unpaired) electrons. The predicted molar refractivity (Wildman–Crippen MR) is 89.9 cm³/mol. The summed E-state index contributed by atoms with van der Waals surface area (Å²) in [5.74, 6) is 0. The molecule has 0 amide bonds. The molecule has 3 rings (SSSR count). The summed E-state index contributed by atoms with van der Waals surface area (Å²) >= 11 is 0. The minimum atomic E-state index is 0.139. The van der Waals surface area contributed by atoms with Gasteiger partial charge in [0.05, 0.1) is 0 Å². The van der Waals surface area contributed by atoms with Crippen LogP contribution in [0.5, 0.6) is 0 Å². The van der Waals surface area contributed by atoms with Gasteiger partial charge in [-0.25, -0.2) is 0 Å². The standard InChI is InChI=1S/C20H25N/c1-20(14-7-15-21-2)18-10-5-3-8-16(18)12-13-17-9-4-6-11-19(17)20/h3-6,8-11,21H,7,12-15H2,1-2H3. The normalized spacial score (nSPS) is 15.9. The zero-order valence-electron chi connectivity index (χ0n) is 13.2. The average Bonchev–Trinajstić information content (AvgIpc) is 2.65. The summed E-state index contributed by atoms with van der Waals surface area (Å²) in [5, 5.41) is 3.29. The van der Waals surface area contributed by atoms with Crippen molar-refractivity contribution in [3.05, 3.63) is 70.8 Å². The van der Waals surface area contributed by atoms with Crippen molar-refractivity contribution >= 4 is 0 Å². The third-order valence-corrected chi connectivity index (χ3v) is 4.99. The van der Waals surface area contributed by atoms with E-state index in [0.717, 1.165) is 19.4 Å². The first-order valence-corrected chi connectivity index (χ1v) is 8.07. The summed E-state index contributed by atoms with van der Waals surface area (Å²) in [4.78, 5) is 0. The lowest BCUT2D eigenvalue weighted by atomic mass is 9.71. The summed E-state index contributed by atoms with van der Waals surface area (Å²) in [6.45, 7) is 3.52. The highest BCUT2D eigenvalue weighted by Gasteiger charge is 2.33. The van der Waals surface area contributed by atoms with Gasteiger partial charge >= 0.3 is 0 Å². The smallest absolute Gasteiger partial charge is 0.0180 e. The van der Waals surface area contributed by atoms with Gasteiger partial charge in [0.15, 0.2) is 0 Å². The number of hydrogen-bond donors (Lipinski definition) is 1. The lowest BCUT2D eigenvalue weighted by Crippen LogP contribution is -2.26. The Kier molecular flexibility index (Phi) is 4.12. The molecule has 0 unspecified atom stereocenters. The molecule has 21 heavy (non-hydrogen) atoms. The van der Waals surface area contributed by atoms with Crippen molar-refractivity contribution in [3.63, 3.8) is 0 Å². The molecule has 1 heteroatoms. The summed E-state index contributed by atoms with van der Waals surface area (Å²) < 4.78 is 0. The van der Waals surface area contributed by atoms with E-state index >= 15 is 0 Å². The Morgan fingerprint density at radius 2 is 1.43 bits per heavy atom. The van der Waals surface area contributed by atoms with E-state index in [9.17, 15) is 0 Å². The highest BCUT2D eigenvalue weighted by Crippen LogP contribution is 2.42. The largest absolute Gasteiger partial charge is 0.320 e. The summed E-state index contributed by atoms with van der Waals surface area (Å²) in [5.41, 5.74) is 6.26. The van der Waals surface area contributed by atoms with Gasteiger partial charge in [-0.3, -0.25) is 0 Å². The Hall–Kier alpha value is -1.60. The van der Waals surface area contributed by atoms with E-state index in [1.54, 1.807) is 0 Å². The van der Waals surface area contributed by atoms with Gasteiger partial charge in [-0.2, -0.15) is 0 Å². The molecule has 0 bridgehead atoms. The first-order chi connectivity index (χ1) is 10.3. The molecule has 0 spiro atoms. The maximum atomic E-state index is 3.29. The Labute approximate surface area is 128 Å². The quantitative estimate of drug-likeness (QED) is 0.831. The zero-order valence-corrected chi connectivity index (χ0v) is 13.2. The van der Waals surface area contributed by atoms with Crippen molar-refractivity contribution < 1.29 is 0 Å². The minimum Gasteiger partial charge on any atom is -0.320 e. The van der Waals surface area contributed by atoms with Gasteiger partial charge in [-0.1, -0.05) is 55.5 Å². The first-order valence-electron chi connectivity index (χ1n) is 8.07. The topological polar surface area (TPSA) is 12.0 Å². The van der Waals surface area contributed by atoms with Crippen molar-refractivity contribution in [1.82, 2.24) is 5.32 Å². The van der Waals surface area contributed by atoms with Gasteiger partial charge in [-0.15, -0.1) is 0 Å². The lowest BCUT2D eigenvalue weighted by molar-refractivity contribution is 0.488. The maximum Gasteiger partial charge on any atom is 0.0180 e. The van der Waals surface area contributed by atoms with Crippen molar-refractivity contribution in [2.45, 2.75) is 38.0 Å². The van der Waals surface area contributed by atoms with E-state index in [1.807, 2.05) is 7.05 Å². The van der Waals surface area contributed by atoms with Gasteiger partial charge < -0.3 is 5.32 Å². The fourth-order valence-electron chi connectivity index (χ4n) is 3.86. The molecule has 0 fully saturated rings. The van der Waals surface area contributed by atoms with Crippen molar-refractivity contribution in [2.24, 2.45) is 0 Å². The Morgan fingerprint density at radius 3 is 1.95 bits per heavy atom. The van der Waals surface area contributed by atoms with Crippen molar-refractivity contribution in [2.75, 3.05) is 13.6 Å². The fourth-order valence-corrected chi connectivity index (χ4v) is 3.86. The van der Waals surface area contributed by atoms with Crippen LogP contribution in [0.2, 0.25) is 0 Å². The SMILES string of the molecule is CNCCCC1(C)c2ccccc2CCc2ccccc21. The molecule has 1 N–H and O–H groups in total. The Balaban J connectivity index is 2.10. The van der Waals surface area contributed by atoms with E-state index in [2.05, 4.69) is 60.8 Å². The second-order valence-corrected chi connectivity index (χ2v) is 6.35. The van der Waals surface area contributed by atoms with Gasteiger partial charge in [0.1, 0.15) is 0 Å². The highest BCUT2D eigenvalue weighted by atomic mass is 14.8. The Bertz CT molecular complexity index is 567. The van der Waals surface area contributed by atoms with Gasteiger partial charge in [0.25, 0.3) is 0 Å². The number of hydrogen-bond acceptors (Lipinski definition) is 1. The minimum absolute atomic E-state index is 0.139. The molecule has 0 aliphatic heterocycles. The molecule has 2 aromatic carbocycles. The molecule has 0 saturated carbocycles. The second-order valence-electron chi connectivity index (χ2n) is 6.35. The number of rotatable bonds is 4. The molecule has 1 aliphatic rings. The van der Waals surface area contributed by atoms with Crippen LogP contribution in [0.4, 0.5) is 0 Å². The van der Waals surface area contributed by atoms with E-state index in [1.165, 1.54) is 35.1 Å². The van der Waals surface area contributed by atoms with Crippen LogP contribution in [0, 0.1) is 0 Å². The summed E-state index contributed by atoms with van der Waals surface area (Å²) in [6.07, 6.45) is 4.72. The number of benzene rings is 2. The van der Waals surface area contributed by atoms with E-state index in [4.69, 9.17) is 0 Å². The van der Waals surface area contributed by atoms with Crippen LogP contribution in [0.3, 0.4) is 0 Å². The predicted octanol–water partition coefficient (Wildman–Crippen LogP) is 4.09. The number of fused-ring (bicyclic) bond motifs is 2. The number of aryl methyl sites for hydroxylation is 2. The summed E-state index contributed by atoms with van der Waals surface area (Å²) in [7, 11) is 2.04. The van der Waals surface area contributed by atoms with Crippen LogP contribution in [0.15, 0.2) is 48.5 Å². The molecule has 110 valence electrons. The molecule has 0 aromatic heterocycles. The highest BCUT2D eigenvalue weighted by molar-refractivity contribution is 5.49. The molecular weight excluding hydrogens is 254 g/mol. The van der Waals surface area contributed by atoms with Crippen LogP contribution in [-0.4, -0.2) is 13.6 Å². The van der Waals surface area contributed by atoms with Crippen LogP contribution in [-0.2, 0) is 18.3 Å².